The molecule has 3 nitrogen and oxygen atoms in total. The van der Waals surface area contributed by atoms with Crippen LogP contribution in [0.4, 0.5) is 10.1 Å². The predicted molar refractivity (Wildman–Crippen MR) is 93.7 cm³/mol. The average molecular weight is 333 g/mol. The molecule has 0 radical (unpaired) electrons. The Morgan fingerprint density at radius 2 is 2.00 bits per heavy atom. The van der Waals surface area contributed by atoms with Gasteiger partial charge in [-0.3, -0.25) is 4.79 Å². The number of carbonyl (C=O) groups is 1. The molecule has 2 rings (SSSR count). The van der Waals surface area contributed by atoms with Crippen LogP contribution in [-0.2, 0) is 10.5 Å². The number of halogens is 1. The molecule has 0 atom stereocenters. The van der Waals surface area contributed by atoms with Crippen molar-refractivity contribution in [2.75, 3.05) is 18.2 Å². The number of amides is 1. The smallest absolute Gasteiger partial charge is 0.234 e. The molecular weight excluding hydrogens is 313 g/mol. The number of thioether (sulfide) groups is 1. The monoisotopic (exact) mass is 333 g/mol. The molecule has 0 spiro atoms. The molecule has 0 aliphatic rings. The highest BCUT2D eigenvalue weighted by Crippen LogP contribution is 2.24. The van der Waals surface area contributed by atoms with Crippen LogP contribution in [0.1, 0.15) is 16.7 Å². The van der Waals surface area contributed by atoms with E-state index in [1.807, 2.05) is 32.0 Å². The van der Waals surface area contributed by atoms with Crippen molar-refractivity contribution in [3.63, 3.8) is 0 Å². The average Bonchev–Trinajstić information content (AvgIpc) is 2.50. The zero-order chi connectivity index (χ0) is 16.8. The maximum atomic E-state index is 13.3. The highest BCUT2D eigenvalue weighted by molar-refractivity contribution is 7.99. The van der Waals surface area contributed by atoms with Gasteiger partial charge in [-0.1, -0.05) is 17.7 Å². The third kappa shape index (κ3) is 4.99. The first-order chi connectivity index (χ1) is 11.0. The Kier molecular flexibility index (Phi) is 6.04. The topological polar surface area (TPSA) is 38.3 Å². The molecule has 0 saturated heterocycles. The number of hydrogen-bond acceptors (Lipinski definition) is 3. The number of carbonyl (C=O) groups excluding carboxylic acids is 1. The lowest BCUT2D eigenvalue weighted by Gasteiger charge is -2.10. The number of rotatable bonds is 6. The fourth-order valence-electron chi connectivity index (χ4n) is 2.25. The Morgan fingerprint density at radius 1 is 1.22 bits per heavy atom. The summed E-state index contributed by atoms with van der Waals surface area (Å²) in [5.74, 6) is 1.07. The van der Waals surface area contributed by atoms with Gasteiger partial charge >= 0.3 is 0 Å². The molecule has 1 N–H and O–H groups in total. The minimum Gasteiger partial charge on any atom is -0.496 e. The fraction of sp³-hybridized carbons (Fsp3) is 0.278. The number of anilines is 1. The Bertz CT molecular complexity index is 703. The van der Waals surface area contributed by atoms with E-state index < -0.39 is 0 Å². The summed E-state index contributed by atoms with van der Waals surface area (Å²) in [4.78, 5) is 12.0. The Labute approximate surface area is 140 Å². The van der Waals surface area contributed by atoms with Gasteiger partial charge in [-0.05, 0) is 43.7 Å². The van der Waals surface area contributed by atoms with Gasteiger partial charge < -0.3 is 10.1 Å². The maximum absolute atomic E-state index is 13.3. The van der Waals surface area contributed by atoms with E-state index in [1.165, 1.54) is 23.9 Å². The number of nitrogens with one attached hydrogen (secondary N) is 1. The molecule has 0 heterocycles. The van der Waals surface area contributed by atoms with Crippen molar-refractivity contribution in [3.8, 4) is 5.75 Å². The molecular formula is C18H20FNO2S. The predicted octanol–water partition coefficient (Wildman–Crippen LogP) is 4.32. The summed E-state index contributed by atoms with van der Waals surface area (Å²) in [6, 6.07) is 10.3. The molecule has 5 heteroatoms. The van der Waals surface area contributed by atoms with Gasteiger partial charge in [0.15, 0.2) is 0 Å². The number of benzene rings is 2. The molecule has 0 unspecified atom stereocenters. The molecule has 122 valence electrons. The molecule has 0 aliphatic carbocycles. The number of hydrogen-bond donors (Lipinski definition) is 1. The van der Waals surface area contributed by atoms with E-state index in [4.69, 9.17) is 4.74 Å². The molecule has 23 heavy (non-hydrogen) atoms. The Morgan fingerprint density at radius 3 is 2.70 bits per heavy atom. The Hall–Kier alpha value is -2.01. The summed E-state index contributed by atoms with van der Waals surface area (Å²) in [6.07, 6.45) is 0. The zero-order valence-electron chi connectivity index (χ0n) is 13.5. The first-order valence-corrected chi connectivity index (χ1v) is 8.42. The van der Waals surface area contributed by atoms with Crippen LogP contribution in [0, 0.1) is 19.7 Å². The zero-order valence-corrected chi connectivity index (χ0v) is 14.3. The summed E-state index contributed by atoms with van der Waals surface area (Å²) in [5.41, 5.74) is 3.77. The van der Waals surface area contributed by atoms with E-state index in [9.17, 15) is 9.18 Å². The van der Waals surface area contributed by atoms with E-state index in [1.54, 1.807) is 13.2 Å². The highest BCUT2D eigenvalue weighted by Gasteiger charge is 2.08. The molecule has 0 saturated carbocycles. The fourth-order valence-corrected chi connectivity index (χ4v) is 3.06. The van der Waals surface area contributed by atoms with Crippen LogP contribution in [0.15, 0.2) is 36.4 Å². The standard InChI is InChI=1S/C18H20FNO2S/c1-12-4-6-16(13(2)8-12)20-18(21)11-23-10-14-9-15(19)5-7-17(14)22-3/h4-9H,10-11H2,1-3H3,(H,20,21). The third-order valence-corrected chi connectivity index (χ3v) is 4.37. The maximum Gasteiger partial charge on any atom is 0.234 e. The largest absolute Gasteiger partial charge is 0.496 e. The van der Waals surface area contributed by atoms with E-state index in [2.05, 4.69) is 5.32 Å². The molecule has 2 aromatic rings. The van der Waals surface area contributed by atoms with Gasteiger partial charge in [-0.2, -0.15) is 0 Å². The van der Waals surface area contributed by atoms with Crippen molar-refractivity contribution in [1.82, 2.24) is 0 Å². The second kappa shape index (κ2) is 8.02. The van der Waals surface area contributed by atoms with Crippen molar-refractivity contribution < 1.29 is 13.9 Å². The first kappa shape index (κ1) is 17.3. The highest BCUT2D eigenvalue weighted by atomic mass is 32.2. The quantitative estimate of drug-likeness (QED) is 0.855. The van der Waals surface area contributed by atoms with Gasteiger partial charge in [0.1, 0.15) is 11.6 Å². The minimum absolute atomic E-state index is 0.0719. The van der Waals surface area contributed by atoms with E-state index in [0.29, 0.717) is 17.3 Å². The van der Waals surface area contributed by atoms with E-state index in [0.717, 1.165) is 22.4 Å². The summed E-state index contributed by atoms with van der Waals surface area (Å²) in [7, 11) is 1.55. The van der Waals surface area contributed by atoms with Gasteiger partial charge in [0.05, 0.1) is 12.9 Å². The first-order valence-electron chi connectivity index (χ1n) is 7.27. The molecule has 0 bridgehead atoms. The molecule has 2 aromatic carbocycles. The van der Waals surface area contributed by atoms with Gasteiger partial charge in [0.2, 0.25) is 5.91 Å². The summed E-state index contributed by atoms with van der Waals surface area (Å²) < 4.78 is 18.5. The van der Waals surface area contributed by atoms with Crippen LogP contribution in [0.2, 0.25) is 0 Å². The second-order valence-electron chi connectivity index (χ2n) is 5.32. The van der Waals surface area contributed by atoms with Crippen molar-refractivity contribution in [2.45, 2.75) is 19.6 Å². The summed E-state index contributed by atoms with van der Waals surface area (Å²) >= 11 is 1.42. The minimum atomic E-state index is -0.305. The lowest BCUT2D eigenvalue weighted by Crippen LogP contribution is -2.15. The van der Waals surface area contributed by atoms with Crippen LogP contribution >= 0.6 is 11.8 Å². The van der Waals surface area contributed by atoms with Gasteiger partial charge in [-0.15, -0.1) is 11.8 Å². The Balaban J connectivity index is 1.89. The molecule has 0 aliphatic heterocycles. The number of aryl methyl sites for hydroxylation is 2. The van der Waals surface area contributed by atoms with Gasteiger partial charge in [0.25, 0.3) is 0 Å². The van der Waals surface area contributed by atoms with Crippen molar-refractivity contribution in [2.24, 2.45) is 0 Å². The molecule has 0 aromatic heterocycles. The van der Waals surface area contributed by atoms with Crippen LogP contribution in [0.5, 0.6) is 5.75 Å². The molecule has 1 amide bonds. The summed E-state index contributed by atoms with van der Waals surface area (Å²) in [5, 5.41) is 2.90. The van der Waals surface area contributed by atoms with Crippen LogP contribution in [0.25, 0.3) is 0 Å². The normalized spacial score (nSPS) is 10.4. The van der Waals surface area contributed by atoms with E-state index in [-0.39, 0.29) is 11.7 Å². The molecule has 0 fully saturated rings. The number of methoxy groups -OCH3 is 1. The number of ether oxygens (including phenoxy) is 1. The van der Waals surface area contributed by atoms with Crippen molar-refractivity contribution in [1.29, 1.82) is 0 Å². The van der Waals surface area contributed by atoms with E-state index >= 15 is 0 Å². The van der Waals surface area contributed by atoms with Crippen LogP contribution < -0.4 is 10.1 Å². The summed E-state index contributed by atoms with van der Waals surface area (Å²) in [6.45, 7) is 3.98. The van der Waals surface area contributed by atoms with Gasteiger partial charge in [-0.25, -0.2) is 4.39 Å². The van der Waals surface area contributed by atoms with Crippen LogP contribution in [0.3, 0.4) is 0 Å². The van der Waals surface area contributed by atoms with Crippen molar-refractivity contribution >= 4 is 23.4 Å². The van der Waals surface area contributed by atoms with Gasteiger partial charge in [0, 0.05) is 17.0 Å². The third-order valence-electron chi connectivity index (χ3n) is 3.39. The second-order valence-corrected chi connectivity index (χ2v) is 6.30. The lowest BCUT2D eigenvalue weighted by atomic mass is 10.1. The van der Waals surface area contributed by atoms with Crippen LogP contribution in [-0.4, -0.2) is 18.8 Å². The SMILES string of the molecule is COc1ccc(F)cc1CSCC(=O)Nc1ccc(C)cc1C. The lowest BCUT2D eigenvalue weighted by molar-refractivity contribution is -0.113. The van der Waals surface area contributed by atoms with Crippen molar-refractivity contribution in [3.05, 3.63) is 58.9 Å².